The third-order valence-corrected chi connectivity index (χ3v) is 4.02. The van der Waals surface area contributed by atoms with Gasteiger partial charge in [-0.2, -0.15) is 0 Å². The molecule has 0 bridgehead atoms. The van der Waals surface area contributed by atoms with Crippen molar-refractivity contribution < 1.29 is 9.21 Å². The zero-order valence-electron chi connectivity index (χ0n) is 13.8. The number of carbonyl (C=O) groups is 1. The zero-order chi connectivity index (χ0) is 17.9. The lowest BCUT2D eigenvalue weighted by atomic mass is 10.0. The molecule has 1 aromatic carbocycles. The number of hydrogen-bond acceptors (Lipinski definition) is 5. The van der Waals surface area contributed by atoms with Crippen molar-refractivity contribution in [1.29, 1.82) is 0 Å². The Kier molecular flexibility index (Phi) is 4.03. The molecule has 2 N–H and O–H groups in total. The summed E-state index contributed by atoms with van der Waals surface area (Å²) in [6.07, 6.45) is 7.64. The standard InChI is InChI=1S/C19H15N5O2/c1-2-16(25)21-7-12-4-3-5-13(6-12)18-17-14(15-9-20-11-26-15)8-22-19(17)24-10-23-18/h2-6,8-11H,1,7H2,(H,21,25)(H,22,23,24). The molecule has 26 heavy (non-hydrogen) atoms. The molecule has 7 heteroatoms. The summed E-state index contributed by atoms with van der Waals surface area (Å²) in [5, 5.41) is 3.63. The molecule has 0 unspecified atom stereocenters. The van der Waals surface area contributed by atoms with Crippen LogP contribution in [-0.4, -0.2) is 25.8 Å². The summed E-state index contributed by atoms with van der Waals surface area (Å²) in [4.78, 5) is 27.3. The van der Waals surface area contributed by atoms with Crippen LogP contribution in [0.25, 0.3) is 33.6 Å². The minimum absolute atomic E-state index is 0.210. The molecule has 0 saturated carbocycles. The van der Waals surface area contributed by atoms with Crippen LogP contribution in [0.2, 0.25) is 0 Å². The summed E-state index contributed by atoms with van der Waals surface area (Å²) >= 11 is 0. The van der Waals surface area contributed by atoms with Gasteiger partial charge in [0.1, 0.15) is 12.0 Å². The lowest BCUT2D eigenvalue weighted by molar-refractivity contribution is -0.116. The van der Waals surface area contributed by atoms with Crippen molar-refractivity contribution >= 4 is 16.9 Å². The van der Waals surface area contributed by atoms with Gasteiger partial charge in [-0.1, -0.05) is 24.8 Å². The Morgan fingerprint density at radius 2 is 2.27 bits per heavy atom. The molecule has 3 aromatic heterocycles. The quantitative estimate of drug-likeness (QED) is 0.542. The first kappa shape index (κ1) is 15.8. The minimum atomic E-state index is -0.210. The minimum Gasteiger partial charge on any atom is -0.443 e. The van der Waals surface area contributed by atoms with E-state index in [-0.39, 0.29) is 5.91 Å². The van der Waals surface area contributed by atoms with Crippen LogP contribution < -0.4 is 5.32 Å². The summed E-state index contributed by atoms with van der Waals surface area (Å²) in [5.74, 6) is 0.430. The van der Waals surface area contributed by atoms with E-state index in [1.54, 1.807) is 6.20 Å². The highest BCUT2D eigenvalue weighted by molar-refractivity contribution is 6.01. The Bertz CT molecular complexity index is 1080. The second kappa shape index (κ2) is 6.64. The Hall–Kier alpha value is -3.74. The maximum Gasteiger partial charge on any atom is 0.243 e. The number of rotatable bonds is 5. The summed E-state index contributed by atoms with van der Waals surface area (Å²) in [6, 6.07) is 7.83. The van der Waals surface area contributed by atoms with Gasteiger partial charge in [0.2, 0.25) is 5.91 Å². The number of hydrogen-bond donors (Lipinski definition) is 2. The van der Waals surface area contributed by atoms with E-state index in [0.29, 0.717) is 18.0 Å². The van der Waals surface area contributed by atoms with Crippen LogP contribution in [0.1, 0.15) is 5.56 Å². The Morgan fingerprint density at radius 3 is 3.08 bits per heavy atom. The molecular formula is C19H15N5O2. The molecule has 7 nitrogen and oxygen atoms in total. The molecule has 4 rings (SSSR count). The number of benzene rings is 1. The zero-order valence-corrected chi connectivity index (χ0v) is 13.8. The summed E-state index contributed by atoms with van der Waals surface area (Å²) < 4.78 is 5.43. The fourth-order valence-corrected chi connectivity index (χ4v) is 2.81. The highest BCUT2D eigenvalue weighted by Crippen LogP contribution is 2.34. The molecule has 0 saturated heterocycles. The number of nitrogens with zero attached hydrogens (tertiary/aromatic N) is 3. The van der Waals surface area contributed by atoms with E-state index in [1.807, 2.05) is 30.5 Å². The van der Waals surface area contributed by atoms with Crippen LogP contribution in [0.4, 0.5) is 0 Å². The van der Waals surface area contributed by atoms with E-state index in [1.165, 1.54) is 18.8 Å². The average molecular weight is 345 g/mol. The highest BCUT2D eigenvalue weighted by atomic mass is 16.3. The van der Waals surface area contributed by atoms with E-state index < -0.39 is 0 Å². The van der Waals surface area contributed by atoms with Crippen LogP contribution >= 0.6 is 0 Å². The monoisotopic (exact) mass is 345 g/mol. The van der Waals surface area contributed by atoms with E-state index in [4.69, 9.17) is 4.42 Å². The van der Waals surface area contributed by atoms with Crippen molar-refractivity contribution in [1.82, 2.24) is 25.3 Å². The van der Waals surface area contributed by atoms with Gasteiger partial charge in [0.25, 0.3) is 0 Å². The Labute approximate surface area is 148 Å². The van der Waals surface area contributed by atoms with E-state index in [9.17, 15) is 4.79 Å². The normalized spacial score (nSPS) is 10.8. The van der Waals surface area contributed by atoms with Crippen LogP contribution in [0.3, 0.4) is 0 Å². The van der Waals surface area contributed by atoms with Crippen molar-refractivity contribution in [2.75, 3.05) is 0 Å². The number of fused-ring (bicyclic) bond motifs is 1. The first-order valence-corrected chi connectivity index (χ1v) is 7.97. The molecule has 0 aliphatic heterocycles. The fraction of sp³-hybridized carbons (Fsp3) is 0.0526. The molecule has 0 aliphatic carbocycles. The molecule has 0 spiro atoms. The van der Waals surface area contributed by atoms with E-state index >= 15 is 0 Å². The maximum atomic E-state index is 11.4. The molecule has 0 fully saturated rings. The molecule has 1 amide bonds. The third-order valence-electron chi connectivity index (χ3n) is 4.02. The number of amides is 1. The number of carbonyl (C=O) groups excluding carboxylic acids is 1. The number of aromatic amines is 1. The van der Waals surface area contributed by atoms with Gasteiger partial charge in [-0.25, -0.2) is 15.0 Å². The van der Waals surface area contributed by atoms with Gasteiger partial charge in [0.15, 0.2) is 12.2 Å². The second-order valence-corrected chi connectivity index (χ2v) is 5.64. The van der Waals surface area contributed by atoms with Crippen LogP contribution in [0.5, 0.6) is 0 Å². The highest BCUT2D eigenvalue weighted by Gasteiger charge is 2.16. The number of H-pyrrole nitrogens is 1. The average Bonchev–Trinajstić information content (AvgIpc) is 3.35. The molecule has 0 radical (unpaired) electrons. The van der Waals surface area contributed by atoms with Crippen molar-refractivity contribution in [3.63, 3.8) is 0 Å². The van der Waals surface area contributed by atoms with Gasteiger partial charge in [-0.05, 0) is 17.7 Å². The summed E-state index contributed by atoms with van der Waals surface area (Å²) in [5.41, 5.74) is 4.22. The van der Waals surface area contributed by atoms with Crippen LogP contribution in [-0.2, 0) is 11.3 Å². The van der Waals surface area contributed by atoms with Crippen molar-refractivity contribution in [2.24, 2.45) is 0 Å². The maximum absolute atomic E-state index is 11.4. The van der Waals surface area contributed by atoms with Crippen molar-refractivity contribution in [3.05, 3.63) is 67.6 Å². The molecule has 128 valence electrons. The smallest absolute Gasteiger partial charge is 0.243 e. The lowest BCUT2D eigenvalue weighted by Gasteiger charge is -2.07. The predicted molar refractivity (Wildman–Crippen MR) is 96.9 cm³/mol. The Balaban J connectivity index is 1.78. The Morgan fingerprint density at radius 1 is 1.35 bits per heavy atom. The molecular weight excluding hydrogens is 330 g/mol. The van der Waals surface area contributed by atoms with Gasteiger partial charge in [-0.15, -0.1) is 0 Å². The van der Waals surface area contributed by atoms with Gasteiger partial charge < -0.3 is 14.7 Å². The third kappa shape index (κ3) is 2.86. The molecule has 0 aliphatic rings. The summed E-state index contributed by atoms with van der Waals surface area (Å²) in [6.45, 7) is 3.87. The lowest BCUT2D eigenvalue weighted by Crippen LogP contribution is -2.19. The largest absolute Gasteiger partial charge is 0.443 e. The molecule has 0 atom stereocenters. The number of aromatic nitrogens is 4. The van der Waals surface area contributed by atoms with E-state index in [0.717, 1.165) is 27.8 Å². The van der Waals surface area contributed by atoms with Gasteiger partial charge in [0.05, 0.1) is 17.3 Å². The van der Waals surface area contributed by atoms with Crippen LogP contribution in [0.15, 0.2) is 66.5 Å². The van der Waals surface area contributed by atoms with E-state index in [2.05, 4.69) is 31.8 Å². The first-order chi connectivity index (χ1) is 12.8. The first-order valence-electron chi connectivity index (χ1n) is 7.97. The van der Waals surface area contributed by atoms with Crippen molar-refractivity contribution in [3.8, 4) is 22.6 Å². The topological polar surface area (TPSA) is 96.7 Å². The number of oxazole rings is 1. The number of nitrogens with one attached hydrogen (secondary N) is 2. The van der Waals surface area contributed by atoms with Gasteiger partial charge in [0, 0.05) is 23.9 Å². The van der Waals surface area contributed by atoms with Crippen molar-refractivity contribution in [2.45, 2.75) is 6.54 Å². The van der Waals surface area contributed by atoms with Gasteiger partial charge in [-0.3, -0.25) is 4.79 Å². The van der Waals surface area contributed by atoms with Crippen LogP contribution in [0, 0.1) is 0 Å². The fourth-order valence-electron chi connectivity index (χ4n) is 2.81. The molecule has 4 aromatic rings. The van der Waals surface area contributed by atoms with Gasteiger partial charge >= 0.3 is 0 Å². The predicted octanol–water partition coefficient (Wildman–Crippen LogP) is 3.08. The second-order valence-electron chi connectivity index (χ2n) is 5.64. The molecule has 3 heterocycles. The SMILES string of the molecule is C=CC(=O)NCc1cccc(-c2ncnc3[nH]cc(-c4cnco4)c23)c1. The summed E-state index contributed by atoms with van der Waals surface area (Å²) in [7, 11) is 0.